The minimum Gasteiger partial charge on any atom is -0.365 e. The first kappa shape index (κ1) is 16.7. The van der Waals surface area contributed by atoms with Gasteiger partial charge in [0.05, 0.1) is 5.52 Å². The molecule has 0 spiro atoms. The van der Waals surface area contributed by atoms with Gasteiger partial charge in [-0.2, -0.15) is 4.98 Å². The van der Waals surface area contributed by atoms with E-state index >= 15 is 0 Å². The zero-order chi connectivity index (χ0) is 18.8. The molecule has 5 nitrogen and oxygen atoms in total. The Kier molecular flexibility index (Phi) is 4.33. The predicted molar refractivity (Wildman–Crippen MR) is 112 cm³/mol. The lowest BCUT2D eigenvalue weighted by atomic mass is 10.0. The van der Waals surface area contributed by atoms with E-state index in [1.807, 2.05) is 30.6 Å². The molecule has 0 saturated carbocycles. The number of aromatic nitrogens is 3. The van der Waals surface area contributed by atoms with Crippen LogP contribution >= 0.6 is 0 Å². The molecule has 0 atom stereocenters. The van der Waals surface area contributed by atoms with Crippen molar-refractivity contribution < 1.29 is 0 Å². The molecule has 2 aromatic heterocycles. The van der Waals surface area contributed by atoms with Gasteiger partial charge in [0, 0.05) is 37.4 Å². The Hall–Kier alpha value is -3.47. The highest BCUT2D eigenvalue weighted by molar-refractivity contribution is 5.90. The number of rotatable bonds is 4. The molecular formula is C23H21N5. The van der Waals surface area contributed by atoms with Crippen molar-refractivity contribution >= 4 is 22.7 Å². The molecule has 0 saturated heterocycles. The van der Waals surface area contributed by atoms with E-state index in [0.717, 1.165) is 48.7 Å². The van der Waals surface area contributed by atoms with E-state index in [4.69, 9.17) is 9.97 Å². The van der Waals surface area contributed by atoms with Crippen LogP contribution in [0.3, 0.4) is 0 Å². The van der Waals surface area contributed by atoms with Crippen LogP contribution in [0, 0.1) is 0 Å². The Morgan fingerprint density at radius 3 is 2.68 bits per heavy atom. The highest BCUT2D eigenvalue weighted by Crippen LogP contribution is 2.27. The normalized spacial score (nSPS) is 13.4. The van der Waals surface area contributed by atoms with Crippen LogP contribution in [0.25, 0.3) is 10.9 Å². The zero-order valence-corrected chi connectivity index (χ0v) is 15.5. The molecule has 28 heavy (non-hydrogen) atoms. The number of hydrogen-bond acceptors (Lipinski definition) is 5. The van der Waals surface area contributed by atoms with Crippen molar-refractivity contribution in [2.45, 2.75) is 19.5 Å². The Morgan fingerprint density at radius 1 is 0.893 bits per heavy atom. The molecule has 1 aliphatic rings. The third-order valence-electron chi connectivity index (χ3n) is 5.19. The maximum atomic E-state index is 4.90. The molecule has 5 heteroatoms. The number of para-hydroxylation sites is 1. The van der Waals surface area contributed by atoms with Crippen LogP contribution < -0.4 is 10.2 Å². The van der Waals surface area contributed by atoms with Crippen molar-refractivity contribution in [1.82, 2.24) is 15.0 Å². The molecule has 1 N–H and O–H groups in total. The van der Waals surface area contributed by atoms with Gasteiger partial charge in [-0.25, -0.2) is 4.98 Å². The fraction of sp³-hybridized carbons (Fsp3) is 0.174. The number of nitrogens with zero attached hydrogens (tertiary/aromatic N) is 4. The molecule has 1 aliphatic heterocycles. The van der Waals surface area contributed by atoms with Crippen molar-refractivity contribution in [3.8, 4) is 0 Å². The minimum atomic E-state index is 0.732. The lowest BCUT2D eigenvalue weighted by molar-refractivity contribution is 0.706. The average molecular weight is 367 g/mol. The van der Waals surface area contributed by atoms with E-state index in [-0.39, 0.29) is 0 Å². The van der Waals surface area contributed by atoms with Gasteiger partial charge in [0.1, 0.15) is 5.82 Å². The van der Waals surface area contributed by atoms with Gasteiger partial charge in [0.15, 0.2) is 0 Å². The van der Waals surface area contributed by atoms with Crippen molar-refractivity contribution in [3.05, 3.63) is 89.7 Å². The predicted octanol–water partition coefficient (Wildman–Crippen LogP) is 4.20. The van der Waals surface area contributed by atoms with E-state index < -0.39 is 0 Å². The first-order chi connectivity index (χ1) is 13.9. The highest BCUT2D eigenvalue weighted by atomic mass is 15.3. The lowest BCUT2D eigenvalue weighted by Crippen LogP contribution is -2.32. The summed E-state index contributed by atoms with van der Waals surface area (Å²) in [6.45, 7) is 2.44. The first-order valence-corrected chi connectivity index (χ1v) is 9.58. The molecule has 0 radical (unpaired) electrons. The van der Waals surface area contributed by atoms with Gasteiger partial charge in [-0.1, -0.05) is 42.5 Å². The Balaban J connectivity index is 1.48. The first-order valence-electron chi connectivity index (χ1n) is 9.58. The smallest absolute Gasteiger partial charge is 0.228 e. The average Bonchev–Trinajstić information content (AvgIpc) is 2.77. The molecule has 0 amide bonds. The maximum absolute atomic E-state index is 4.90. The topological polar surface area (TPSA) is 53.9 Å². The van der Waals surface area contributed by atoms with Crippen molar-refractivity contribution in [2.24, 2.45) is 0 Å². The summed E-state index contributed by atoms with van der Waals surface area (Å²) >= 11 is 0. The maximum Gasteiger partial charge on any atom is 0.228 e. The molecule has 0 bridgehead atoms. The van der Waals surface area contributed by atoms with E-state index in [1.165, 1.54) is 16.7 Å². The van der Waals surface area contributed by atoms with Crippen molar-refractivity contribution in [3.63, 3.8) is 0 Å². The van der Waals surface area contributed by atoms with Crippen LogP contribution in [-0.4, -0.2) is 21.5 Å². The van der Waals surface area contributed by atoms with Crippen LogP contribution in [0.1, 0.15) is 16.7 Å². The number of pyridine rings is 1. The fourth-order valence-corrected chi connectivity index (χ4v) is 3.67. The molecule has 3 heterocycles. The molecule has 4 aromatic rings. The Morgan fingerprint density at radius 2 is 1.75 bits per heavy atom. The third kappa shape index (κ3) is 3.27. The van der Waals surface area contributed by atoms with Gasteiger partial charge in [-0.3, -0.25) is 4.98 Å². The summed E-state index contributed by atoms with van der Waals surface area (Å²) in [6, 6.07) is 20.7. The summed E-state index contributed by atoms with van der Waals surface area (Å²) in [6.07, 6.45) is 4.79. The van der Waals surface area contributed by atoms with Crippen molar-refractivity contribution in [2.75, 3.05) is 16.8 Å². The van der Waals surface area contributed by atoms with Gasteiger partial charge in [-0.15, -0.1) is 0 Å². The number of hydrogen-bond donors (Lipinski definition) is 1. The molecule has 2 aromatic carbocycles. The molecule has 0 fully saturated rings. The van der Waals surface area contributed by atoms with Crippen molar-refractivity contribution in [1.29, 1.82) is 0 Å². The van der Waals surface area contributed by atoms with E-state index in [0.29, 0.717) is 0 Å². The Bertz CT molecular complexity index is 1110. The standard InChI is InChI=1S/C23H21N5/c1-2-6-17(7-3-1)14-25-22-20-8-4-5-9-21(20)26-23(27-22)28-13-11-18-15-24-12-10-19(18)16-28/h1-10,12,15H,11,13-14,16H2,(H,25,26,27). The third-order valence-corrected chi connectivity index (χ3v) is 5.19. The zero-order valence-electron chi connectivity index (χ0n) is 15.5. The molecule has 0 unspecified atom stereocenters. The Labute approximate surface area is 164 Å². The number of nitrogens with one attached hydrogen (secondary N) is 1. The number of benzene rings is 2. The van der Waals surface area contributed by atoms with Crippen LogP contribution in [0.15, 0.2) is 73.1 Å². The summed E-state index contributed by atoms with van der Waals surface area (Å²) in [4.78, 5) is 16.2. The summed E-state index contributed by atoms with van der Waals surface area (Å²) in [5.41, 5.74) is 4.81. The monoisotopic (exact) mass is 367 g/mol. The van der Waals surface area contributed by atoms with Gasteiger partial charge < -0.3 is 10.2 Å². The van der Waals surface area contributed by atoms with E-state index in [9.17, 15) is 0 Å². The summed E-state index contributed by atoms with van der Waals surface area (Å²) in [7, 11) is 0. The van der Waals surface area contributed by atoms with E-state index in [1.54, 1.807) is 0 Å². The summed E-state index contributed by atoms with van der Waals surface area (Å²) < 4.78 is 0. The second-order valence-electron chi connectivity index (χ2n) is 7.04. The van der Waals surface area contributed by atoms with Crippen LogP contribution in [0.5, 0.6) is 0 Å². The largest absolute Gasteiger partial charge is 0.365 e. The summed E-state index contributed by atoms with van der Waals surface area (Å²) in [5.74, 6) is 1.65. The fourth-order valence-electron chi connectivity index (χ4n) is 3.67. The number of anilines is 2. The molecule has 138 valence electrons. The van der Waals surface area contributed by atoms with Gasteiger partial charge in [0.25, 0.3) is 0 Å². The van der Waals surface area contributed by atoms with Gasteiger partial charge in [-0.05, 0) is 41.3 Å². The number of fused-ring (bicyclic) bond motifs is 2. The second-order valence-corrected chi connectivity index (χ2v) is 7.04. The minimum absolute atomic E-state index is 0.732. The second kappa shape index (κ2) is 7.27. The molecular weight excluding hydrogens is 346 g/mol. The quantitative estimate of drug-likeness (QED) is 0.586. The van der Waals surface area contributed by atoms with Crippen LogP contribution in [-0.2, 0) is 19.5 Å². The van der Waals surface area contributed by atoms with Crippen LogP contribution in [0.2, 0.25) is 0 Å². The van der Waals surface area contributed by atoms with E-state index in [2.05, 4.69) is 57.7 Å². The molecule has 0 aliphatic carbocycles. The lowest BCUT2D eigenvalue weighted by Gasteiger charge is -2.29. The van der Waals surface area contributed by atoms with Gasteiger partial charge >= 0.3 is 0 Å². The SMILES string of the molecule is c1ccc(CNc2nc(N3CCc4cnccc4C3)nc3ccccc23)cc1. The molecule has 5 rings (SSSR count). The van der Waals surface area contributed by atoms with Crippen LogP contribution in [0.4, 0.5) is 11.8 Å². The highest BCUT2D eigenvalue weighted by Gasteiger charge is 2.20. The summed E-state index contributed by atoms with van der Waals surface area (Å²) in [5, 5.41) is 4.56. The van der Waals surface area contributed by atoms with Gasteiger partial charge in [0.2, 0.25) is 5.95 Å².